The minimum atomic E-state index is -0.296. The van der Waals surface area contributed by atoms with E-state index in [0.29, 0.717) is 50.4 Å². The Labute approximate surface area is 191 Å². The molecule has 3 heterocycles. The van der Waals surface area contributed by atoms with Gasteiger partial charge in [0.05, 0.1) is 13.2 Å². The molecule has 8 heteroatoms. The van der Waals surface area contributed by atoms with Crippen LogP contribution in [0, 0.1) is 0 Å². The monoisotopic (exact) mass is 444 g/mol. The van der Waals surface area contributed by atoms with Gasteiger partial charge in [0.1, 0.15) is 0 Å². The molecule has 176 valence electrons. The molecule has 0 radical (unpaired) electrons. The number of piperazine rings is 1. The van der Waals surface area contributed by atoms with E-state index in [0.717, 1.165) is 45.6 Å². The van der Waals surface area contributed by atoms with Gasteiger partial charge in [-0.3, -0.25) is 9.69 Å². The standard InChI is InChI=1S/C24H36N4O4/c1-3-32-24(30)28-15-13-27(14-16-28)23(29)19-4-6-21(7-5-19)26-11-8-20(9-12-26)25(2)22-10-17-31-18-22/h4-7,20,22H,3,8-18H2,1-2H3. The summed E-state index contributed by atoms with van der Waals surface area (Å²) in [6.45, 7) is 8.08. The van der Waals surface area contributed by atoms with E-state index in [1.54, 1.807) is 11.8 Å². The Bertz CT molecular complexity index is 765. The fourth-order valence-electron chi connectivity index (χ4n) is 4.98. The fraction of sp³-hybridized carbons (Fsp3) is 0.667. The number of nitrogens with zero attached hydrogens (tertiary/aromatic N) is 4. The van der Waals surface area contributed by atoms with Crippen molar-refractivity contribution < 1.29 is 19.1 Å². The minimum absolute atomic E-state index is 0.0270. The maximum Gasteiger partial charge on any atom is 0.409 e. The number of hydrogen-bond acceptors (Lipinski definition) is 6. The number of carbonyl (C=O) groups is 2. The summed E-state index contributed by atoms with van der Waals surface area (Å²) in [7, 11) is 2.24. The van der Waals surface area contributed by atoms with Crippen molar-refractivity contribution in [3.8, 4) is 0 Å². The molecule has 0 bridgehead atoms. The van der Waals surface area contributed by atoms with E-state index >= 15 is 0 Å². The largest absolute Gasteiger partial charge is 0.450 e. The summed E-state index contributed by atoms with van der Waals surface area (Å²) in [6, 6.07) is 9.18. The first-order valence-corrected chi connectivity index (χ1v) is 11.9. The Morgan fingerprint density at radius 3 is 2.22 bits per heavy atom. The van der Waals surface area contributed by atoms with E-state index in [2.05, 4.69) is 29.0 Å². The third-order valence-corrected chi connectivity index (χ3v) is 7.09. The zero-order valence-corrected chi connectivity index (χ0v) is 19.4. The lowest BCUT2D eigenvalue weighted by Gasteiger charge is -2.40. The molecule has 0 N–H and O–H groups in total. The lowest BCUT2D eigenvalue weighted by atomic mass is 10.0. The smallest absolute Gasteiger partial charge is 0.409 e. The van der Waals surface area contributed by atoms with Gasteiger partial charge in [-0.05, 0) is 57.5 Å². The van der Waals surface area contributed by atoms with Gasteiger partial charge in [-0.15, -0.1) is 0 Å². The molecule has 3 aliphatic rings. The second kappa shape index (κ2) is 10.5. The third kappa shape index (κ3) is 5.18. The summed E-state index contributed by atoms with van der Waals surface area (Å²) >= 11 is 0. The van der Waals surface area contributed by atoms with E-state index in [1.165, 1.54) is 5.69 Å². The third-order valence-electron chi connectivity index (χ3n) is 7.09. The van der Waals surface area contributed by atoms with Crippen LogP contribution in [0.1, 0.15) is 36.5 Å². The molecule has 3 aliphatic heterocycles. The van der Waals surface area contributed by atoms with E-state index in [-0.39, 0.29) is 12.0 Å². The zero-order chi connectivity index (χ0) is 22.5. The van der Waals surface area contributed by atoms with Gasteiger partial charge in [-0.1, -0.05) is 0 Å². The first-order valence-electron chi connectivity index (χ1n) is 11.9. The van der Waals surface area contributed by atoms with Gasteiger partial charge < -0.3 is 24.2 Å². The van der Waals surface area contributed by atoms with Crippen LogP contribution in [0.4, 0.5) is 10.5 Å². The van der Waals surface area contributed by atoms with Gasteiger partial charge in [0, 0.05) is 69.2 Å². The minimum Gasteiger partial charge on any atom is -0.450 e. The molecular weight excluding hydrogens is 408 g/mol. The summed E-state index contributed by atoms with van der Waals surface area (Å²) in [6.07, 6.45) is 3.15. The van der Waals surface area contributed by atoms with Gasteiger partial charge in [0.15, 0.2) is 0 Å². The Morgan fingerprint density at radius 2 is 1.62 bits per heavy atom. The van der Waals surface area contributed by atoms with Crippen LogP contribution >= 0.6 is 0 Å². The van der Waals surface area contributed by atoms with E-state index < -0.39 is 0 Å². The highest BCUT2D eigenvalue weighted by Gasteiger charge is 2.29. The number of hydrogen-bond donors (Lipinski definition) is 0. The highest BCUT2D eigenvalue weighted by atomic mass is 16.6. The Balaban J connectivity index is 1.26. The Kier molecular flexibility index (Phi) is 7.52. The van der Waals surface area contributed by atoms with E-state index in [1.807, 2.05) is 17.0 Å². The number of rotatable bonds is 5. The lowest BCUT2D eigenvalue weighted by molar-refractivity contribution is 0.0570. The van der Waals surface area contributed by atoms with Gasteiger partial charge in [0.2, 0.25) is 0 Å². The van der Waals surface area contributed by atoms with Crippen molar-refractivity contribution in [2.45, 2.75) is 38.3 Å². The average Bonchev–Trinajstić information content (AvgIpc) is 3.39. The van der Waals surface area contributed by atoms with Gasteiger partial charge >= 0.3 is 6.09 Å². The molecule has 1 aromatic carbocycles. The molecule has 1 unspecified atom stereocenters. The van der Waals surface area contributed by atoms with Crippen LogP contribution in [0.3, 0.4) is 0 Å². The molecule has 3 saturated heterocycles. The molecule has 3 fully saturated rings. The van der Waals surface area contributed by atoms with Crippen LogP contribution in [-0.4, -0.2) is 105 Å². The van der Waals surface area contributed by atoms with Crippen LogP contribution in [0.2, 0.25) is 0 Å². The maximum absolute atomic E-state index is 12.9. The molecule has 32 heavy (non-hydrogen) atoms. The van der Waals surface area contributed by atoms with Crippen LogP contribution in [0.15, 0.2) is 24.3 Å². The summed E-state index contributed by atoms with van der Waals surface area (Å²) in [4.78, 5) is 33.2. The van der Waals surface area contributed by atoms with Gasteiger partial charge in [0.25, 0.3) is 5.91 Å². The first-order chi connectivity index (χ1) is 15.6. The average molecular weight is 445 g/mol. The SMILES string of the molecule is CCOC(=O)N1CCN(C(=O)c2ccc(N3CCC(N(C)C4CCOC4)CC3)cc2)CC1. The van der Waals surface area contributed by atoms with Crippen molar-refractivity contribution in [1.29, 1.82) is 0 Å². The molecule has 0 aromatic heterocycles. The predicted molar refractivity (Wildman–Crippen MR) is 123 cm³/mol. The molecular formula is C24H36N4O4. The molecule has 0 aliphatic carbocycles. The van der Waals surface area contributed by atoms with Crippen molar-refractivity contribution >= 4 is 17.7 Å². The zero-order valence-electron chi connectivity index (χ0n) is 19.4. The molecule has 8 nitrogen and oxygen atoms in total. The summed E-state index contributed by atoms with van der Waals surface area (Å²) in [5, 5.41) is 0. The number of amides is 2. The highest BCUT2D eigenvalue weighted by molar-refractivity contribution is 5.94. The molecule has 0 saturated carbocycles. The summed E-state index contributed by atoms with van der Waals surface area (Å²) in [5.41, 5.74) is 1.88. The van der Waals surface area contributed by atoms with Crippen molar-refractivity contribution in [2.75, 3.05) is 71.0 Å². The van der Waals surface area contributed by atoms with Crippen molar-refractivity contribution in [2.24, 2.45) is 0 Å². The van der Waals surface area contributed by atoms with Crippen LogP contribution in [0.5, 0.6) is 0 Å². The summed E-state index contributed by atoms with van der Waals surface area (Å²) in [5.74, 6) is 0.0270. The quantitative estimate of drug-likeness (QED) is 0.694. The van der Waals surface area contributed by atoms with Crippen LogP contribution in [0.25, 0.3) is 0 Å². The molecule has 1 aromatic rings. The maximum atomic E-state index is 12.9. The van der Waals surface area contributed by atoms with Gasteiger partial charge in [-0.2, -0.15) is 0 Å². The topological polar surface area (TPSA) is 65.6 Å². The lowest BCUT2D eigenvalue weighted by Crippen LogP contribution is -2.50. The Hall–Kier alpha value is -2.32. The van der Waals surface area contributed by atoms with Gasteiger partial charge in [-0.25, -0.2) is 4.79 Å². The number of carbonyl (C=O) groups excluding carboxylic acids is 2. The van der Waals surface area contributed by atoms with E-state index in [9.17, 15) is 9.59 Å². The second-order valence-corrected chi connectivity index (χ2v) is 8.93. The fourth-order valence-corrected chi connectivity index (χ4v) is 4.98. The second-order valence-electron chi connectivity index (χ2n) is 8.93. The number of benzene rings is 1. The molecule has 4 rings (SSSR count). The molecule has 2 amide bonds. The van der Waals surface area contributed by atoms with Crippen molar-refractivity contribution in [3.05, 3.63) is 29.8 Å². The predicted octanol–water partition coefficient (Wildman–Crippen LogP) is 2.29. The molecule has 1 atom stereocenters. The normalized spacial score (nSPS) is 22.5. The number of anilines is 1. The molecule has 0 spiro atoms. The Morgan fingerprint density at radius 1 is 0.969 bits per heavy atom. The number of likely N-dealkylation sites (N-methyl/N-ethyl adjacent to an activating group) is 1. The number of piperidine rings is 1. The van der Waals surface area contributed by atoms with E-state index in [4.69, 9.17) is 9.47 Å². The number of ether oxygens (including phenoxy) is 2. The first kappa shape index (κ1) is 22.9. The summed E-state index contributed by atoms with van der Waals surface area (Å²) < 4.78 is 10.6. The van der Waals surface area contributed by atoms with Crippen LogP contribution < -0.4 is 4.90 Å². The van der Waals surface area contributed by atoms with Crippen molar-refractivity contribution in [3.63, 3.8) is 0 Å². The van der Waals surface area contributed by atoms with Crippen LogP contribution in [-0.2, 0) is 9.47 Å². The highest BCUT2D eigenvalue weighted by Crippen LogP contribution is 2.25. The van der Waals surface area contributed by atoms with Crippen molar-refractivity contribution in [1.82, 2.24) is 14.7 Å².